The summed E-state index contributed by atoms with van der Waals surface area (Å²) in [6, 6.07) is 0.432. The summed E-state index contributed by atoms with van der Waals surface area (Å²) in [6.07, 6.45) is 7.07. The van der Waals surface area contributed by atoms with E-state index < -0.39 is 0 Å². The third-order valence-electron chi connectivity index (χ3n) is 3.29. The van der Waals surface area contributed by atoms with E-state index >= 15 is 0 Å². The molecule has 17 heavy (non-hydrogen) atoms. The molecule has 1 aliphatic heterocycles. The summed E-state index contributed by atoms with van der Waals surface area (Å²) < 4.78 is 5.31. The zero-order valence-corrected chi connectivity index (χ0v) is 11.6. The zero-order valence-electron chi connectivity index (χ0n) is 11.6. The molecule has 1 saturated heterocycles. The van der Waals surface area contributed by atoms with E-state index in [1.165, 1.54) is 19.3 Å². The van der Waals surface area contributed by atoms with Crippen LogP contribution in [0.5, 0.6) is 0 Å². The van der Waals surface area contributed by atoms with Crippen LogP contribution in [0.15, 0.2) is 0 Å². The minimum atomic E-state index is -0.0994. The summed E-state index contributed by atoms with van der Waals surface area (Å²) >= 11 is 0. The average Bonchev–Trinajstić information content (AvgIpc) is 2.74. The van der Waals surface area contributed by atoms with Crippen LogP contribution < -0.4 is 0 Å². The molecule has 0 saturated carbocycles. The molecular weight excluding hydrogens is 214 g/mol. The molecule has 0 unspecified atom stereocenters. The second-order valence-corrected chi connectivity index (χ2v) is 5.46. The van der Waals surface area contributed by atoms with Gasteiger partial charge >= 0.3 is 6.09 Å². The Morgan fingerprint density at radius 3 is 2.82 bits per heavy atom. The fourth-order valence-corrected chi connectivity index (χ4v) is 2.33. The first-order valence-corrected chi connectivity index (χ1v) is 7.08. The molecule has 0 aromatic carbocycles. The molecule has 3 nitrogen and oxygen atoms in total. The zero-order chi connectivity index (χ0) is 12.7. The first-order chi connectivity index (χ1) is 8.15. The first kappa shape index (κ1) is 14.3. The van der Waals surface area contributed by atoms with Crippen molar-refractivity contribution in [1.82, 2.24) is 4.90 Å². The highest BCUT2D eigenvalue weighted by atomic mass is 16.6. The van der Waals surface area contributed by atoms with Gasteiger partial charge in [-0.05, 0) is 25.2 Å². The number of likely N-dealkylation sites (tertiary alicyclic amines) is 1. The Hall–Kier alpha value is -0.730. The average molecular weight is 241 g/mol. The maximum absolute atomic E-state index is 11.9. The van der Waals surface area contributed by atoms with Crippen LogP contribution in [0.4, 0.5) is 4.79 Å². The van der Waals surface area contributed by atoms with Gasteiger partial charge in [0, 0.05) is 12.6 Å². The highest BCUT2D eigenvalue weighted by molar-refractivity contribution is 5.68. The molecule has 1 fully saturated rings. The van der Waals surface area contributed by atoms with Crippen molar-refractivity contribution in [2.45, 2.75) is 65.3 Å². The van der Waals surface area contributed by atoms with E-state index in [2.05, 4.69) is 20.8 Å². The van der Waals surface area contributed by atoms with E-state index in [0.29, 0.717) is 18.6 Å². The summed E-state index contributed by atoms with van der Waals surface area (Å²) in [7, 11) is 0. The summed E-state index contributed by atoms with van der Waals surface area (Å²) in [4.78, 5) is 13.8. The van der Waals surface area contributed by atoms with Crippen molar-refractivity contribution in [3.05, 3.63) is 0 Å². The number of carbonyl (C=O) groups excluding carboxylic acids is 1. The lowest BCUT2D eigenvalue weighted by atomic mass is 10.1. The molecular formula is C14H27NO2. The Labute approximate surface area is 106 Å². The molecule has 0 aliphatic carbocycles. The standard InChI is InChI=1S/C14H27NO2/c1-4-5-6-8-13-9-7-10-15(13)14(16)17-11-12(2)3/h12-13H,4-11H2,1-3H3/t13-/m1/s1. The van der Waals surface area contributed by atoms with Gasteiger partial charge in [0.25, 0.3) is 0 Å². The predicted octanol–water partition coefficient (Wildman–Crippen LogP) is 3.82. The van der Waals surface area contributed by atoms with Gasteiger partial charge in [-0.15, -0.1) is 0 Å². The number of unbranched alkanes of at least 4 members (excludes halogenated alkanes) is 2. The van der Waals surface area contributed by atoms with Gasteiger partial charge in [0.2, 0.25) is 0 Å². The highest BCUT2D eigenvalue weighted by Gasteiger charge is 2.29. The van der Waals surface area contributed by atoms with Crippen LogP contribution >= 0.6 is 0 Å². The van der Waals surface area contributed by atoms with Gasteiger partial charge in [-0.25, -0.2) is 4.79 Å². The molecule has 0 bridgehead atoms. The fourth-order valence-electron chi connectivity index (χ4n) is 2.33. The second kappa shape index (κ2) is 7.57. The number of ether oxygens (including phenoxy) is 1. The third kappa shape index (κ3) is 4.97. The molecule has 1 heterocycles. The summed E-state index contributed by atoms with van der Waals surface area (Å²) in [5.74, 6) is 0.417. The SMILES string of the molecule is CCCCC[C@@H]1CCCN1C(=O)OCC(C)C. The van der Waals surface area contributed by atoms with Crippen LogP contribution in [-0.2, 0) is 4.74 Å². The molecule has 0 N–H and O–H groups in total. The molecule has 100 valence electrons. The summed E-state index contributed by atoms with van der Waals surface area (Å²) in [5, 5.41) is 0. The Balaban J connectivity index is 2.31. The van der Waals surface area contributed by atoms with Gasteiger partial charge in [0.15, 0.2) is 0 Å². The quantitative estimate of drug-likeness (QED) is 0.661. The molecule has 1 aliphatic rings. The van der Waals surface area contributed by atoms with E-state index in [4.69, 9.17) is 4.74 Å². The Morgan fingerprint density at radius 2 is 2.18 bits per heavy atom. The minimum absolute atomic E-state index is 0.0994. The molecule has 1 amide bonds. The van der Waals surface area contributed by atoms with E-state index in [1.807, 2.05) is 4.90 Å². The normalized spacial score (nSPS) is 20.0. The van der Waals surface area contributed by atoms with Crippen molar-refractivity contribution >= 4 is 6.09 Å². The van der Waals surface area contributed by atoms with Gasteiger partial charge in [0.05, 0.1) is 6.61 Å². The molecule has 0 aromatic heterocycles. The van der Waals surface area contributed by atoms with Crippen LogP contribution in [0.1, 0.15) is 59.3 Å². The number of hydrogen-bond acceptors (Lipinski definition) is 2. The molecule has 0 radical (unpaired) electrons. The monoisotopic (exact) mass is 241 g/mol. The van der Waals surface area contributed by atoms with E-state index in [9.17, 15) is 4.79 Å². The fraction of sp³-hybridized carbons (Fsp3) is 0.929. The predicted molar refractivity (Wildman–Crippen MR) is 70.1 cm³/mol. The lowest BCUT2D eigenvalue weighted by Crippen LogP contribution is -2.36. The number of amides is 1. The van der Waals surface area contributed by atoms with Crippen molar-refractivity contribution in [3.63, 3.8) is 0 Å². The molecule has 0 spiro atoms. The van der Waals surface area contributed by atoms with E-state index in [1.54, 1.807) is 0 Å². The van der Waals surface area contributed by atoms with E-state index in [-0.39, 0.29) is 6.09 Å². The number of carbonyl (C=O) groups is 1. The van der Waals surface area contributed by atoms with Crippen LogP contribution in [0.2, 0.25) is 0 Å². The van der Waals surface area contributed by atoms with Crippen molar-refractivity contribution in [1.29, 1.82) is 0 Å². The molecule has 1 atom stereocenters. The number of hydrogen-bond donors (Lipinski definition) is 0. The topological polar surface area (TPSA) is 29.5 Å². The summed E-state index contributed by atoms with van der Waals surface area (Å²) in [6.45, 7) is 7.76. The van der Waals surface area contributed by atoms with Crippen LogP contribution in [0.3, 0.4) is 0 Å². The lowest BCUT2D eigenvalue weighted by Gasteiger charge is -2.24. The van der Waals surface area contributed by atoms with Gasteiger partial charge in [-0.2, -0.15) is 0 Å². The number of rotatable bonds is 6. The maximum atomic E-state index is 11.9. The van der Waals surface area contributed by atoms with Gasteiger partial charge in [0.1, 0.15) is 0 Å². The smallest absolute Gasteiger partial charge is 0.410 e. The van der Waals surface area contributed by atoms with Crippen LogP contribution in [0, 0.1) is 5.92 Å². The van der Waals surface area contributed by atoms with E-state index in [0.717, 1.165) is 25.8 Å². The second-order valence-electron chi connectivity index (χ2n) is 5.46. The Bertz CT molecular complexity index is 228. The largest absolute Gasteiger partial charge is 0.449 e. The molecule has 1 rings (SSSR count). The maximum Gasteiger partial charge on any atom is 0.410 e. The first-order valence-electron chi connectivity index (χ1n) is 7.08. The molecule has 0 aromatic rings. The van der Waals surface area contributed by atoms with Crippen molar-refractivity contribution in [3.8, 4) is 0 Å². The van der Waals surface area contributed by atoms with Crippen molar-refractivity contribution in [2.75, 3.05) is 13.2 Å². The van der Waals surface area contributed by atoms with Gasteiger partial charge in [-0.1, -0.05) is 40.0 Å². The van der Waals surface area contributed by atoms with Crippen molar-refractivity contribution in [2.24, 2.45) is 5.92 Å². The van der Waals surface area contributed by atoms with Crippen LogP contribution in [-0.4, -0.2) is 30.2 Å². The molecule has 3 heteroatoms. The Kier molecular flexibility index (Phi) is 6.38. The lowest BCUT2D eigenvalue weighted by molar-refractivity contribution is 0.0866. The highest BCUT2D eigenvalue weighted by Crippen LogP contribution is 2.23. The third-order valence-corrected chi connectivity index (χ3v) is 3.29. The summed E-state index contributed by atoms with van der Waals surface area (Å²) in [5.41, 5.74) is 0. The van der Waals surface area contributed by atoms with Gasteiger partial charge < -0.3 is 9.64 Å². The van der Waals surface area contributed by atoms with Crippen LogP contribution in [0.25, 0.3) is 0 Å². The van der Waals surface area contributed by atoms with Gasteiger partial charge in [-0.3, -0.25) is 0 Å². The minimum Gasteiger partial charge on any atom is -0.449 e. The van der Waals surface area contributed by atoms with Crippen molar-refractivity contribution < 1.29 is 9.53 Å². The number of nitrogens with zero attached hydrogens (tertiary/aromatic N) is 1. The Morgan fingerprint density at radius 1 is 1.41 bits per heavy atom.